The van der Waals surface area contributed by atoms with Crippen molar-refractivity contribution in [3.05, 3.63) is 398 Å². The first kappa shape index (κ1) is 105. The van der Waals surface area contributed by atoms with Crippen LogP contribution in [0.5, 0.6) is 5.75 Å². The Morgan fingerprint density at radius 2 is 0.700 bits per heavy atom. The highest BCUT2D eigenvalue weighted by molar-refractivity contribution is 7.90. The van der Waals surface area contributed by atoms with E-state index in [1.54, 1.807) is 84.9 Å². The highest BCUT2D eigenvalue weighted by Crippen LogP contribution is 2.36. The molecule has 0 unspecified atom stereocenters. The molecule has 16 rings (SSSR count). The van der Waals surface area contributed by atoms with Gasteiger partial charge in [0, 0.05) is 155 Å². The van der Waals surface area contributed by atoms with Gasteiger partial charge < -0.3 is 62.0 Å². The van der Waals surface area contributed by atoms with Gasteiger partial charge in [0.25, 0.3) is 34.2 Å². The SMILES string of the molecule is CC(C)CC(=O)Cc1ccc(/C(=C\[C@H]2CCC(=O)N2)c2ccc(Cl)c(=O)[nH]2)cc1.CS(=O)(=O)Cc1ccc(/C(=C\[C@H]2CCC(=O)N2)c2ccc(Cl)c(=O)[nH]2)cc1.CS(=O)(=O)c1cc(/C(=C\[C@H]2CCC(=O)N2)c2ccc(Cl)c(=O)[nH]2)ccc1C(F)F.NC(=O)c1cccc(/C(=C\[C@H]2CCC(=O)N2)c2ccc(Cl)c(=O)[nH]2)c1.O=C1CC[C@H](/C=C(\c2ccc(OCc3ccccc3)cc2)c2ccc(Cl)c(=O)[nH]2)N1. The molecule has 0 bridgehead atoms. The van der Waals surface area contributed by atoms with E-state index in [0.29, 0.717) is 145 Å². The molecule has 5 aliphatic heterocycles. The number of primary amides is 1. The van der Waals surface area contributed by atoms with Gasteiger partial charge in [0.2, 0.25) is 35.4 Å². The summed E-state index contributed by atoms with van der Waals surface area (Å²) in [6.07, 6.45) is 14.9. The normalized spacial score (nSPS) is 17.2. The van der Waals surface area contributed by atoms with Crippen molar-refractivity contribution in [2.75, 3.05) is 12.5 Å². The number of sulfone groups is 2. The number of carbonyl (C=O) groups excluding carboxylic acids is 7. The zero-order valence-corrected chi connectivity index (χ0v) is 81.4. The molecule has 0 spiro atoms. The van der Waals surface area contributed by atoms with Gasteiger partial charge >= 0.3 is 0 Å². The second-order valence-electron chi connectivity index (χ2n) is 34.1. The van der Waals surface area contributed by atoms with Gasteiger partial charge in [-0.25, -0.2) is 25.6 Å². The molecule has 12 N–H and O–H groups in total. The average Bonchev–Trinajstić information content (AvgIpc) is 0.878. The molecular formula is C103H98Cl5F2N11O17S2. The first-order chi connectivity index (χ1) is 66.6. The molecule has 0 aliphatic carbocycles. The lowest BCUT2D eigenvalue weighted by atomic mass is 9.96. The summed E-state index contributed by atoms with van der Waals surface area (Å²) >= 11 is 29.2. The number of ether oxygens (including phenoxy) is 1. The molecule has 5 atom stereocenters. The molecule has 5 aromatic heterocycles. The molecule has 5 aliphatic rings. The lowest BCUT2D eigenvalue weighted by molar-refractivity contribution is -0.120. The Morgan fingerprint density at radius 1 is 0.386 bits per heavy atom. The van der Waals surface area contributed by atoms with Gasteiger partial charge in [-0.05, 0) is 174 Å². The third-order valence-electron chi connectivity index (χ3n) is 22.6. The van der Waals surface area contributed by atoms with Gasteiger partial charge in [-0.1, -0.05) is 217 Å². The summed E-state index contributed by atoms with van der Waals surface area (Å²) < 4.78 is 79.5. The third-order valence-corrected chi connectivity index (χ3v) is 26.1. The zero-order valence-electron chi connectivity index (χ0n) is 75.9. The molecule has 11 aromatic rings. The van der Waals surface area contributed by atoms with E-state index in [1.807, 2.05) is 123 Å². The van der Waals surface area contributed by atoms with Crippen LogP contribution in [0, 0.1) is 5.92 Å². The summed E-state index contributed by atoms with van der Waals surface area (Å²) in [5.41, 5.74) is 15.5. The summed E-state index contributed by atoms with van der Waals surface area (Å²) in [5, 5.41) is 14.8. The number of alkyl halides is 2. The van der Waals surface area contributed by atoms with Crippen LogP contribution < -0.4 is 64.9 Å². The fourth-order valence-corrected chi connectivity index (χ4v) is 18.0. The number of pyridine rings is 5. The number of benzene rings is 6. The van der Waals surface area contributed by atoms with E-state index >= 15 is 0 Å². The second-order valence-corrected chi connectivity index (χ2v) is 40.2. The second kappa shape index (κ2) is 48.2. The number of rotatable bonds is 27. The molecular weight excluding hydrogens is 1940 g/mol. The molecule has 728 valence electrons. The summed E-state index contributed by atoms with van der Waals surface area (Å²) in [6, 6.07) is 58.0. The van der Waals surface area contributed by atoms with E-state index < -0.39 is 59.1 Å². The van der Waals surface area contributed by atoms with Crippen molar-refractivity contribution in [1.82, 2.24) is 51.5 Å². The zero-order chi connectivity index (χ0) is 101. The number of Topliss-reactive ketones (excluding diaryl/α,β-unsaturated/α-hetero) is 1. The molecule has 0 saturated carbocycles. The van der Waals surface area contributed by atoms with Crippen LogP contribution in [0.3, 0.4) is 0 Å². The number of aromatic nitrogens is 5. The van der Waals surface area contributed by atoms with Crippen LogP contribution >= 0.6 is 58.0 Å². The van der Waals surface area contributed by atoms with E-state index in [1.165, 1.54) is 36.6 Å². The summed E-state index contributed by atoms with van der Waals surface area (Å²) in [7, 11) is -7.06. The van der Waals surface area contributed by atoms with Gasteiger partial charge in [0.15, 0.2) is 19.7 Å². The molecule has 6 aromatic carbocycles. The number of nitrogens with two attached hydrogens (primary N) is 1. The monoisotopic (exact) mass is 2040 g/mol. The Balaban J connectivity index is 0.000000157. The quantitative estimate of drug-likeness (QED) is 0.0228. The Labute approximate surface area is 828 Å². The Bertz CT molecular complexity index is 7250. The number of hydrogen-bond donors (Lipinski definition) is 11. The van der Waals surface area contributed by atoms with Gasteiger partial charge in [-0.15, -0.1) is 0 Å². The van der Waals surface area contributed by atoms with E-state index in [4.69, 9.17) is 68.5 Å². The summed E-state index contributed by atoms with van der Waals surface area (Å²) in [5.74, 6) is 0.626. The maximum absolute atomic E-state index is 13.3. The third kappa shape index (κ3) is 30.4. The number of carbonyl (C=O) groups is 7. The number of nitrogens with one attached hydrogen (secondary N) is 10. The maximum Gasteiger partial charge on any atom is 0.267 e. The number of aromatic amines is 5. The van der Waals surface area contributed by atoms with E-state index in [2.05, 4.69) is 51.5 Å². The lowest BCUT2D eigenvalue weighted by Crippen LogP contribution is -2.23. The van der Waals surface area contributed by atoms with Gasteiger partial charge in [-0.2, -0.15) is 0 Å². The van der Waals surface area contributed by atoms with E-state index in [0.717, 1.165) is 75.1 Å². The van der Waals surface area contributed by atoms with Crippen LogP contribution in [0.4, 0.5) is 8.78 Å². The summed E-state index contributed by atoms with van der Waals surface area (Å²) in [4.78, 5) is 154. The van der Waals surface area contributed by atoms with Crippen LogP contribution in [0.25, 0.3) is 27.9 Å². The Kier molecular flexibility index (Phi) is 36.2. The molecule has 37 heteroatoms. The van der Waals surface area contributed by atoms with Crippen LogP contribution in [0.2, 0.25) is 25.1 Å². The predicted molar refractivity (Wildman–Crippen MR) is 538 cm³/mol. The summed E-state index contributed by atoms with van der Waals surface area (Å²) in [6.45, 7) is 4.56. The van der Waals surface area contributed by atoms with Crippen molar-refractivity contribution in [2.24, 2.45) is 11.7 Å². The highest BCUT2D eigenvalue weighted by atomic mass is 35.5. The van der Waals surface area contributed by atoms with Crippen molar-refractivity contribution < 1.29 is 63.9 Å². The van der Waals surface area contributed by atoms with Crippen molar-refractivity contribution in [2.45, 2.75) is 145 Å². The van der Waals surface area contributed by atoms with Crippen LogP contribution in [0.1, 0.15) is 180 Å². The van der Waals surface area contributed by atoms with Gasteiger partial charge in [0.1, 0.15) is 43.3 Å². The first-order valence-corrected chi connectivity index (χ1v) is 50.1. The minimum Gasteiger partial charge on any atom is -0.489 e. The van der Waals surface area contributed by atoms with Crippen molar-refractivity contribution >= 4 is 147 Å². The molecule has 6 amide bonds. The number of halogens is 7. The smallest absolute Gasteiger partial charge is 0.267 e. The van der Waals surface area contributed by atoms with Gasteiger partial charge in [0.05, 0.1) is 10.6 Å². The fourth-order valence-electron chi connectivity index (χ4n) is 15.7. The molecule has 5 fully saturated rings. The maximum atomic E-state index is 13.3. The van der Waals surface area contributed by atoms with Crippen LogP contribution in [-0.2, 0) is 67.2 Å². The van der Waals surface area contributed by atoms with E-state index in [9.17, 15) is 83.2 Å². The minimum atomic E-state index is -3.94. The van der Waals surface area contributed by atoms with Crippen LogP contribution in [-0.4, -0.2) is 126 Å². The number of ketones is 1. The number of H-pyrrole nitrogens is 5. The highest BCUT2D eigenvalue weighted by Gasteiger charge is 2.29. The fraction of sp³-hybridized carbons (Fsp3) is 0.243. The van der Waals surface area contributed by atoms with E-state index in [-0.39, 0.29) is 108 Å². The number of hydrogen-bond acceptors (Lipinski definition) is 17. The van der Waals surface area contributed by atoms with Crippen molar-refractivity contribution in [3.8, 4) is 5.75 Å². The molecule has 10 heterocycles. The standard InChI is InChI=1S/C24H21ClN2O3.C23H25ClN2O3.C19H17ClF2N2O4S.C19H19ClN2O4S.C18H16ClN3O3/c25-21-11-12-22(27-24(21)29)20(14-18-8-13-23(28)26-18)17-6-9-19(10-7-17)30-15-16-4-2-1-3-5-16;1-14(2)11-18(27)12-15-3-5-16(6-4-15)19(13-17-7-10-22(28)25-17)21-9-8-20(24)23(29)26-21;1-29(27,28)16-8-10(2-4-12(16)18(21)22)13(9-11-3-7-17(25)23-11)15-6-5-14(20)19(26)24-15;1-27(25,26)11-12-2-4-13(5-3-12)15(10-14-6-9-18(23)21-14)17-8-7-16(20)19(24)22-17;19-14-5-6-15(22-18(14)25)13(9-12-4-7-16(23)21-12)10-2-1-3-11(8-10)17(20)24/h1-7,9-12,14,18H,8,13,15H2,(H,26,28)(H,27,29);3-6,8-9,13-14,17H,7,10-12H2,1-2H3,(H,25,28)(H,26,29);2,4-6,8-9,11,18H,3,7H2,1H3,(H,23,25)(H,24,26);2-5,7-8,10,14H,6,9,11H2,1H3,(H,21,23)(H,22,24);1-3,5-6,8-9,12H,4,7H2,(H2,20,24)(H,21,23)(H,22,25)/b20-14+;19-13+;13-9+;15-10+;13-9+/t18-;17-;11-;14-;12-/m11111/s1. The Hall–Kier alpha value is -13.7. The topological polar surface area (TPSA) is 447 Å². The predicted octanol–water partition coefficient (Wildman–Crippen LogP) is 15.4. The largest absolute Gasteiger partial charge is 0.489 e. The molecule has 140 heavy (non-hydrogen) atoms. The average molecular weight is 2040 g/mol. The minimum absolute atomic E-state index is 0.0105. The molecule has 28 nitrogen and oxygen atoms in total. The Morgan fingerprint density at radius 3 is 1.00 bits per heavy atom. The molecule has 5 saturated heterocycles. The van der Waals surface area contributed by atoms with Gasteiger partial charge in [-0.3, -0.25) is 57.5 Å². The van der Waals surface area contributed by atoms with Crippen LogP contribution in [0.15, 0.2) is 266 Å². The van der Waals surface area contributed by atoms with Crippen molar-refractivity contribution in [3.63, 3.8) is 0 Å². The number of amides is 6. The van der Waals surface area contributed by atoms with Crippen molar-refractivity contribution in [1.29, 1.82) is 0 Å². The first-order valence-electron chi connectivity index (χ1n) is 44.3. The molecule has 0 radical (unpaired) electrons. The lowest BCUT2D eigenvalue weighted by Gasteiger charge is -2.15.